The van der Waals surface area contributed by atoms with Gasteiger partial charge in [0, 0.05) is 18.1 Å². The molecule has 19 heavy (non-hydrogen) atoms. The Kier molecular flexibility index (Phi) is 3.24. The molecular weight excluding hydrogens is 262 g/mol. The van der Waals surface area contributed by atoms with Crippen LogP contribution in [-0.2, 0) is 10.0 Å². The van der Waals surface area contributed by atoms with Crippen molar-refractivity contribution >= 4 is 15.7 Å². The zero-order valence-electron chi connectivity index (χ0n) is 10.7. The van der Waals surface area contributed by atoms with Crippen molar-refractivity contribution in [3.8, 4) is 0 Å². The number of rotatable bonds is 3. The molecule has 2 atom stereocenters. The van der Waals surface area contributed by atoms with Gasteiger partial charge < -0.3 is 10.6 Å². The van der Waals surface area contributed by atoms with Gasteiger partial charge in [0.25, 0.3) is 0 Å². The molecule has 2 unspecified atom stereocenters. The first-order valence-corrected chi connectivity index (χ1v) is 8.21. The predicted octanol–water partition coefficient (Wildman–Crippen LogP) is 1.03. The van der Waals surface area contributed by atoms with E-state index in [2.05, 4.69) is 10.6 Å². The van der Waals surface area contributed by atoms with Crippen molar-refractivity contribution in [3.05, 3.63) is 24.3 Å². The van der Waals surface area contributed by atoms with Crippen LogP contribution in [0.5, 0.6) is 0 Å². The molecule has 5 nitrogen and oxygen atoms in total. The minimum Gasteiger partial charge on any atom is -0.381 e. The second-order valence-electron chi connectivity index (χ2n) is 5.49. The number of benzene rings is 1. The second kappa shape index (κ2) is 4.77. The van der Waals surface area contributed by atoms with E-state index >= 15 is 0 Å². The van der Waals surface area contributed by atoms with Crippen LogP contribution in [0.1, 0.15) is 25.7 Å². The van der Waals surface area contributed by atoms with Crippen molar-refractivity contribution in [1.29, 1.82) is 0 Å². The molecule has 3 rings (SSSR count). The normalized spacial score (nSPS) is 30.3. The smallest absolute Gasteiger partial charge is 0.240 e. The maximum atomic E-state index is 11.6. The number of anilines is 1. The first-order chi connectivity index (χ1) is 9.02. The molecule has 6 heteroatoms. The molecule has 2 bridgehead atoms. The van der Waals surface area contributed by atoms with Gasteiger partial charge in [-0.1, -0.05) is 12.1 Å². The Morgan fingerprint density at radius 3 is 2.42 bits per heavy atom. The summed E-state index contributed by atoms with van der Waals surface area (Å²) in [5.74, 6) is 0. The van der Waals surface area contributed by atoms with E-state index in [1.54, 1.807) is 18.2 Å². The van der Waals surface area contributed by atoms with E-state index in [1.165, 1.54) is 12.8 Å². The lowest BCUT2D eigenvalue weighted by atomic mass is 9.99. The van der Waals surface area contributed by atoms with Crippen LogP contribution >= 0.6 is 0 Å². The molecular formula is C13H19N3O2S. The highest BCUT2D eigenvalue weighted by molar-refractivity contribution is 7.89. The molecule has 0 aromatic heterocycles. The van der Waals surface area contributed by atoms with Crippen LogP contribution in [0.15, 0.2) is 29.2 Å². The molecule has 2 heterocycles. The van der Waals surface area contributed by atoms with Gasteiger partial charge >= 0.3 is 0 Å². The number of primary sulfonamides is 1. The Labute approximate surface area is 113 Å². The summed E-state index contributed by atoms with van der Waals surface area (Å²) in [5, 5.41) is 12.2. The molecule has 1 aromatic carbocycles. The van der Waals surface area contributed by atoms with Gasteiger partial charge in [0.15, 0.2) is 0 Å². The molecule has 0 amide bonds. The van der Waals surface area contributed by atoms with Gasteiger partial charge in [-0.2, -0.15) is 0 Å². The highest BCUT2D eigenvalue weighted by Gasteiger charge is 2.33. The summed E-state index contributed by atoms with van der Waals surface area (Å²) in [6.45, 7) is 0. The number of para-hydroxylation sites is 1. The maximum Gasteiger partial charge on any atom is 0.240 e. The van der Waals surface area contributed by atoms with Crippen LogP contribution < -0.4 is 15.8 Å². The number of hydrogen-bond donors (Lipinski definition) is 3. The summed E-state index contributed by atoms with van der Waals surface area (Å²) >= 11 is 0. The van der Waals surface area contributed by atoms with E-state index in [1.807, 2.05) is 6.07 Å². The number of sulfonamides is 1. The van der Waals surface area contributed by atoms with Crippen molar-refractivity contribution in [1.82, 2.24) is 5.32 Å². The SMILES string of the molecule is NS(=O)(=O)c1ccccc1NC1CC2CCC(C1)N2. The number of hydrogen-bond acceptors (Lipinski definition) is 4. The molecule has 2 saturated heterocycles. The number of piperidine rings is 1. The Hall–Kier alpha value is -1.11. The average molecular weight is 281 g/mol. The molecule has 2 fully saturated rings. The molecule has 1 aromatic rings. The summed E-state index contributed by atoms with van der Waals surface area (Å²) in [4.78, 5) is 0.181. The summed E-state index contributed by atoms with van der Waals surface area (Å²) in [6.07, 6.45) is 4.52. The van der Waals surface area contributed by atoms with Gasteiger partial charge in [-0.3, -0.25) is 0 Å². The zero-order chi connectivity index (χ0) is 13.5. The Morgan fingerprint density at radius 1 is 1.16 bits per heavy atom. The van der Waals surface area contributed by atoms with Crippen LogP contribution in [0.2, 0.25) is 0 Å². The van der Waals surface area contributed by atoms with E-state index in [0.29, 0.717) is 23.8 Å². The Balaban J connectivity index is 1.80. The van der Waals surface area contributed by atoms with Gasteiger partial charge in [-0.15, -0.1) is 0 Å². The van der Waals surface area contributed by atoms with Crippen LogP contribution in [0.25, 0.3) is 0 Å². The zero-order valence-corrected chi connectivity index (χ0v) is 11.5. The van der Waals surface area contributed by atoms with Crippen LogP contribution in [0.4, 0.5) is 5.69 Å². The standard InChI is InChI=1S/C13H19N3O2S/c14-19(17,18)13-4-2-1-3-12(13)16-11-7-9-5-6-10(8-11)15-9/h1-4,9-11,15-16H,5-8H2,(H2,14,17,18). The monoisotopic (exact) mass is 281 g/mol. The number of fused-ring (bicyclic) bond motifs is 2. The molecule has 0 aliphatic carbocycles. The summed E-state index contributed by atoms with van der Waals surface area (Å²) < 4.78 is 23.1. The summed E-state index contributed by atoms with van der Waals surface area (Å²) in [7, 11) is -3.67. The topological polar surface area (TPSA) is 84.2 Å². The summed E-state index contributed by atoms with van der Waals surface area (Å²) in [6, 6.07) is 8.30. The average Bonchev–Trinajstić information content (AvgIpc) is 2.68. The molecule has 2 aliphatic rings. The van der Waals surface area contributed by atoms with Crippen molar-refractivity contribution in [2.75, 3.05) is 5.32 Å². The molecule has 0 radical (unpaired) electrons. The van der Waals surface area contributed by atoms with E-state index in [0.717, 1.165) is 12.8 Å². The van der Waals surface area contributed by atoms with Crippen LogP contribution in [0, 0.1) is 0 Å². The second-order valence-corrected chi connectivity index (χ2v) is 7.02. The van der Waals surface area contributed by atoms with Crippen LogP contribution in [0.3, 0.4) is 0 Å². The van der Waals surface area contributed by atoms with E-state index < -0.39 is 10.0 Å². The van der Waals surface area contributed by atoms with Gasteiger partial charge in [0.05, 0.1) is 5.69 Å². The van der Waals surface area contributed by atoms with Crippen molar-refractivity contribution in [2.45, 2.75) is 48.7 Å². The number of nitrogens with two attached hydrogens (primary N) is 1. The van der Waals surface area contributed by atoms with Gasteiger partial charge in [-0.05, 0) is 37.8 Å². The third kappa shape index (κ3) is 2.75. The summed E-state index contributed by atoms with van der Waals surface area (Å²) in [5.41, 5.74) is 0.622. The minimum absolute atomic E-state index is 0.181. The lowest BCUT2D eigenvalue weighted by Crippen LogP contribution is -2.43. The van der Waals surface area contributed by atoms with Crippen molar-refractivity contribution < 1.29 is 8.42 Å². The van der Waals surface area contributed by atoms with Gasteiger partial charge in [0.2, 0.25) is 10.0 Å². The lowest BCUT2D eigenvalue weighted by Gasteiger charge is -2.30. The molecule has 0 saturated carbocycles. The van der Waals surface area contributed by atoms with Crippen molar-refractivity contribution in [2.24, 2.45) is 5.14 Å². The van der Waals surface area contributed by atoms with E-state index in [9.17, 15) is 8.42 Å². The maximum absolute atomic E-state index is 11.6. The third-order valence-electron chi connectivity index (χ3n) is 4.03. The first kappa shape index (κ1) is 12.9. The highest BCUT2D eigenvalue weighted by Crippen LogP contribution is 2.30. The Morgan fingerprint density at radius 2 is 1.79 bits per heavy atom. The van der Waals surface area contributed by atoms with E-state index in [-0.39, 0.29) is 4.90 Å². The largest absolute Gasteiger partial charge is 0.381 e. The van der Waals surface area contributed by atoms with Gasteiger partial charge in [0.1, 0.15) is 4.90 Å². The highest BCUT2D eigenvalue weighted by atomic mass is 32.2. The molecule has 0 spiro atoms. The fourth-order valence-corrected chi connectivity index (χ4v) is 3.93. The quantitative estimate of drug-likeness (QED) is 0.772. The van der Waals surface area contributed by atoms with Gasteiger partial charge in [-0.25, -0.2) is 13.6 Å². The first-order valence-electron chi connectivity index (χ1n) is 6.67. The molecule has 4 N–H and O–H groups in total. The predicted molar refractivity (Wildman–Crippen MR) is 74.4 cm³/mol. The van der Waals surface area contributed by atoms with Crippen LogP contribution in [-0.4, -0.2) is 26.5 Å². The molecule has 2 aliphatic heterocycles. The van der Waals surface area contributed by atoms with Crippen molar-refractivity contribution in [3.63, 3.8) is 0 Å². The Bertz CT molecular complexity index is 561. The van der Waals surface area contributed by atoms with E-state index in [4.69, 9.17) is 5.14 Å². The number of nitrogens with one attached hydrogen (secondary N) is 2. The minimum atomic E-state index is -3.67. The third-order valence-corrected chi connectivity index (χ3v) is 5.00. The lowest BCUT2D eigenvalue weighted by molar-refractivity contribution is 0.378. The fraction of sp³-hybridized carbons (Fsp3) is 0.538. The fourth-order valence-electron chi connectivity index (χ4n) is 3.23. The molecule has 104 valence electrons.